The van der Waals surface area contributed by atoms with Gasteiger partial charge in [-0.25, -0.2) is 4.79 Å². The molecule has 0 fully saturated rings. The molecular weight excluding hydrogens is 462 g/mol. The van der Waals surface area contributed by atoms with E-state index in [9.17, 15) is 9.90 Å². The van der Waals surface area contributed by atoms with E-state index in [1.54, 1.807) is 6.20 Å². The van der Waals surface area contributed by atoms with Crippen LogP contribution in [0.2, 0.25) is 0 Å². The number of carbonyl (C=O) groups excluding carboxylic acids is 1. The molecule has 0 saturated carbocycles. The monoisotopic (exact) mass is 495 g/mol. The van der Waals surface area contributed by atoms with Crippen LogP contribution in [-0.4, -0.2) is 34.4 Å². The van der Waals surface area contributed by atoms with Gasteiger partial charge in [0.05, 0.1) is 12.1 Å². The summed E-state index contributed by atoms with van der Waals surface area (Å²) < 4.78 is 5.42. The van der Waals surface area contributed by atoms with Gasteiger partial charge in [-0.05, 0) is 53.1 Å². The van der Waals surface area contributed by atoms with Gasteiger partial charge in [-0.1, -0.05) is 91.0 Å². The van der Waals surface area contributed by atoms with Gasteiger partial charge in [0.2, 0.25) is 0 Å². The summed E-state index contributed by atoms with van der Waals surface area (Å²) in [7, 11) is 0. The van der Waals surface area contributed by atoms with Crippen LogP contribution in [0.3, 0.4) is 0 Å². The first-order chi connectivity index (χ1) is 18.1. The van der Waals surface area contributed by atoms with Crippen molar-refractivity contribution >= 4 is 6.09 Å². The van der Waals surface area contributed by atoms with Crippen LogP contribution in [0.25, 0.3) is 11.1 Å². The molecule has 37 heavy (non-hydrogen) atoms. The van der Waals surface area contributed by atoms with E-state index in [1.165, 1.54) is 0 Å². The highest BCUT2D eigenvalue weighted by Gasteiger charge is 2.25. The molecule has 3 atom stereocenters. The Morgan fingerprint density at radius 2 is 1.46 bits per heavy atom. The normalized spacial score (nSPS) is 13.4. The lowest BCUT2D eigenvalue weighted by Gasteiger charge is -2.26. The molecule has 6 heteroatoms. The molecule has 0 aliphatic heterocycles. The Balaban J connectivity index is 1.42. The number of alkyl carbamates (subject to hydrolysis) is 1. The van der Waals surface area contributed by atoms with Crippen LogP contribution in [0.4, 0.5) is 4.79 Å². The highest BCUT2D eigenvalue weighted by Crippen LogP contribution is 2.20. The van der Waals surface area contributed by atoms with Crippen LogP contribution in [0.15, 0.2) is 109 Å². The van der Waals surface area contributed by atoms with Crippen molar-refractivity contribution in [1.29, 1.82) is 0 Å². The Morgan fingerprint density at radius 3 is 2.11 bits per heavy atom. The number of amides is 1. The fourth-order valence-corrected chi connectivity index (χ4v) is 4.29. The molecule has 0 bridgehead atoms. The molecule has 4 N–H and O–H groups in total. The highest BCUT2D eigenvalue weighted by atomic mass is 16.5. The third-order valence-corrected chi connectivity index (χ3v) is 6.27. The van der Waals surface area contributed by atoms with Crippen molar-refractivity contribution in [1.82, 2.24) is 10.3 Å². The summed E-state index contributed by atoms with van der Waals surface area (Å²) in [5.74, 6) is 0. The molecule has 0 radical (unpaired) electrons. The van der Waals surface area contributed by atoms with Crippen molar-refractivity contribution in [2.75, 3.05) is 0 Å². The largest absolute Gasteiger partial charge is 0.445 e. The zero-order valence-corrected chi connectivity index (χ0v) is 20.7. The molecule has 4 rings (SSSR count). The number of nitrogens with one attached hydrogen (secondary N) is 1. The maximum Gasteiger partial charge on any atom is 0.407 e. The minimum atomic E-state index is -0.846. The van der Waals surface area contributed by atoms with E-state index in [0.717, 1.165) is 27.8 Å². The number of ether oxygens (including phenoxy) is 1. The van der Waals surface area contributed by atoms with Gasteiger partial charge in [0.1, 0.15) is 6.61 Å². The first-order valence-electron chi connectivity index (χ1n) is 12.5. The molecular formula is C31H33N3O3. The molecule has 1 aromatic heterocycles. The van der Waals surface area contributed by atoms with E-state index in [2.05, 4.69) is 10.3 Å². The molecule has 4 aromatic rings. The summed E-state index contributed by atoms with van der Waals surface area (Å²) in [5, 5.41) is 14.0. The number of benzene rings is 3. The van der Waals surface area contributed by atoms with Crippen molar-refractivity contribution in [3.05, 3.63) is 126 Å². The van der Waals surface area contributed by atoms with E-state index >= 15 is 0 Å². The number of aromatic nitrogens is 1. The summed E-state index contributed by atoms with van der Waals surface area (Å²) in [6, 6.07) is 30.6. The van der Waals surface area contributed by atoms with E-state index in [-0.39, 0.29) is 12.6 Å². The van der Waals surface area contributed by atoms with Crippen LogP contribution < -0.4 is 11.1 Å². The lowest BCUT2D eigenvalue weighted by atomic mass is 9.93. The SMILES string of the molecule is N[C@@H](Cc1ccccc1)C[C@H](O)[C@H](Cc1ccc(-c2cccnc2)cc1)NC(=O)OCc1ccccc1. The number of hydrogen-bond acceptors (Lipinski definition) is 5. The average molecular weight is 496 g/mol. The maximum absolute atomic E-state index is 12.7. The molecule has 1 amide bonds. The quantitative estimate of drug-likeness (QED) is 0.275. The van der Waals surface area contributed by atoms with Gasteiger partial charge in [-0.2, -0.15) is 0 Å². The fraction of sp³-hybridized carbons (Fsp3) is 0.226. The molecule has 0 aliphatic carbocycles. The summed E-state index contributed by atoms with van der Waals surface area (Å²) in [5.41, 5.74) is 11.4. The summed E-state index contributed by atoms with van der Waals surface area (Å²) in [6.45, 7) is 0.156. The molecule has 3 aromatic carbocycles. The Morgan fingerprint density at radius 1 is 0.811 bits per heavy atom. The van der Waals surface area contributed by atoms with Crippen molar-refractivity contribution < 1.29 is 14.6 Å². The molecule has 1 heterocycles. The molecule has 0 unspecified atom stereocenters. The summed E-state index contributed by atoms with van der Waals surface area (Å²) in [4.78, 5) is 16.8. The van der Waals surface area contributed by atoms with Crippen LogP contribution in [-0.2, 0) is 24.2 Å². The lowest BCUT2D eigenvalue weighted by Crippen LogP contribution is -2.47. The van der Waals surface area contributed by atoms with Gasteiger partial charge in [0, 0.05) is 18.4 Å². The Hall–Kier alpha value is -4.00. The van der Waals surface area contributed by atoms with Gasteiger partial charge in [0.25, 0.3) is 0 Å². The first kappa shape index (κ1) is 26.1. The van der Waals surface area contributed by atoms with E-state index < -0.39 is 18.2 Å². The second-order valence-corrected chi connectivity index (χ2v) is 9.21. The number of rotatable bonds is 11. The minimum Gasteiger partial charge on any atom is -0.445 e. The van der Waals surface area contributed by atoms with Gasteiger partial charge in [-0.15, -0.1) is 0 Å². The summed E-state index contributed by atoms with van der Waals surface area (Å²) >= 11 is 0. The van der Waals surface area contributed by atoms with Crippen LogP contribution in [0.5, 0.6) is 0 Å². The number of aliphatic hydroxyl groups excluding tert-OH is 1. The minimum absolute atomic E-state index is 0.156. The average Bonchev–Trinajstić information content (AvgIpc) is 2.93. The standard InChI is InChI=1S/C31H33N3O3/c32-28(18-23-8-3-1-4-9-23)20-30(35)29(34-31(36)37-22-25-10-5-2-6-11-25)19-24-13-15-26(16-14-24)27-12-7-17-33-21-27/h1-17,21,28-30,35H,18-20,22,32H2,(H,34,36)/t28-,29-,30-/m0/s1. The van der Waals surface area contributed by atoms with Crippen molar-refractivity contribution in [3.63, 3.8) is 0 Å². The van der Waals surface area contributed by atoms with Gasteiger partial charge < -0.3 is 20.9 Å². The van der Waals surface area contributed by atoms with Crippen molar-refractivity contribution in [2.45, 2.75) is 44.1 Å². The predicted molar refractivity (Wildman–Crippen MR) is 146 cm³/mol. The van der Waals surface area contributed by atoms with Gasteiger partial charge >= 0.3 is 6.09 Å². The third kappa shape index (κ3) is 8.27. The van der Waals surface area contributed by atoms with Crippen LogP contribution in [0, 0.1) is 0 Å². The molecule has 0 aliphatic rings. The van der Waals surface area contributed by atoms with Gasteiger partial charge in [-0.3, -0.25) is 4.98 Å². The lowest BCUT2D eigenvalue weighted by molar-refractivity contribution is 0.0922. The second-order valence-electron chi connectivity index (χ2n) is 9.21. The van der Waals surface area contributed by atoms with E-state index in [4.69, 9.17) is 10.5 Å². The van der Waals surface area contributed by atoms with E-state index in [1.807, 2.05) is 103 Å². The smallest absolute Gasteiger partial charge is 0.407 e. The van der Waals surface area contributed by atoms with Crippen LogP contribution in [0.1, 0.15) is 23.1 Å². The van der Waals surface area contributed by atoms with E-state index in [0.29, 0.717) is 19.3 Å². The number of nitrogens with zero attached hydrogens (tertiary/aromatic N) is 1. The number of pyridine rings is 1. The molecule has 0 spiro atoms. The number of hydrogen-bond donors (Lipinski definition) is 3. The van der Waals surface area contributed by atoms with Crippen molar-refractivity contribution in [3.8, 4) is 11.1 Å². The predicted octanol–water partition coefficient (Wildman–Crippen LogP) is 4.91. The number of carbonyl (C=O) groups is 1. The topological polar surface area (TPSA) is 97.5 Å². The van der Waals surface area contributed by atoms with Gasteiger partial charge in [0.15, 0.2) is 0 Å². The zero-order chi connectivity index (χ0) is 25.9. The summed E-state index contributed by atoms with van der Waals surface area (Å²) in [6.07, 6.45) is 3.56. The Bertz CT molecular complexity index is 1220. The van der Waals surface area contributed by atoms with Crippen LogP contribution >= 0.6 is 0 Å². The second kappa shape index (κ2) is 13.3. The maximum atomic E-state index is 12.7. The molecule has 190 valence electrons. The van der Waals surface area contributed by atoms with Crippen molar-refractivity contribution in [2.24, 2.45) is 5.73 Å². The highest BCUT2D eigenvalue weighted by molar-refractivity contribution is 5.68. The molecule has 6 nitrogen and oxygen atoms in total. The number of aliphatic hydroxyl groups is 1. The fourth-order valence-electron chi connectivity index (χ4n) is 4.29. The Kier molecular flexibility index (Phi) is 9.41. The third-order valence-electron chi connectivity index (χ3n) is 6.27. The first-order valence-corrected chi connectivity index (χ1v) is 12.5. The number of nitrogens with two attached hydrogens (primary N) is 1. The Labute approximate surface area is 218 Å². The molecule has 0 saturated heterocycles. The zero-order valence-electron chi connectivity index (χ0n) is 20.7.